The maximum Gasteiger partial charge on any atom is 0.152 e. The fourth-order valence-corrected chi connectivity index (χ4v) is 1.55. The molecule has 1 fully saturated rings. The summed E-state index contributed by atoms with van der Waals surface area (Å²) >= 11 is 9.03. The highest BCUT2D eigenvalue weighted by atomic mass is 79.9. The Balaban J connectivity index is 2.18. The summed E-state index contributed by atoms with van der Waals surface area (Å²) in [4.78, 5) is 3.93. The van der Waals surface area contributed by atoms with Gasteiger partial charge in [0.2, 0.25) is 0 Å². The highest BCUT2D eigenvalue weighted by Gasteiger charge is 2.24. The third-order valence-corrected chi connectivity index (χ3v) is 2.43. The van der Waals surface area contributed by atoms with Crippen LogP contribution in [0.15, 0.2) is 16.7 Å². The average molecular weight is 249 g/mol. The highest BCUT2D eigenvalue weighted by Crippen LogP contribution is 2.32. The van der Waals surface area contributed by atoms with Crippen molar-refractivity contribution in [1.29, 1.82) is 0 Å². The molecule has 2 rings (SSSR count). The van der Waals surface area contributed by atoms with Crippen LogP contribution in [-0.4, -0.2) is 11.1 Å². The van der Waals surface area contributed by atoms with Crippen molar-refractivity contribution in [3.8, 4) is 5.75 Å². The minimum absolute atomic E-state index is 0.393. The third-order valence-electron chi connectivity index (χ3n) is 1.60. The van der Waals surface area contributed by atoms with Gasteiger partial charge >= 0.3 is 0 Å². The van der Waals surface area contributed by atoms with E-state index in [0.29, 0.717) is 11.3 Å². The lowest BCUT2D eigenvalue weighted by Crippen LogP contribution is -1.96. The molecule has 0 amide bonds. The number of hydrogen-bond donors (Lipinski definition) is 0. The predicted octanol–water partition coefficient (Wildman–Crippen LogP) is 3.04. The lowest BCUT2D eigenvalue weighted by molar-refractivity contribution is 0.300. The molecule has 0 aliphatic heterocycles. The van der Waals surface area contributed by atoms with Gasteiger partial charge in [-0.1, -0.05) is 11.6 Å². The van der Waals surface area contributed by atoms with Crippen molar-refractivity contribution < 1.29 is 4.74 Å². The lowest BCUT2D eigenvalue weighted by atomic mass is 10.5. The Bertz CT molecular complexity index is 301. The molecule has 1 saturated carbocycles. The number of ether oxygens (including phenoxy) is 1. The van der Waals surface area contributed by atoms with Crippen molar-refractivity contribution in [2.45, 2.75) is 18.9 Å². The van der Waals surface area contributed by atoms with Crippen molar-refractivity contribution in [2.24, 2.45) is 0 Å². The van der Waals surface area contributed by atoms with Gasteiger partial charge in [0.1, 0.15) is 5.15 Å². The summed E-state index contributed by atoms with van der Waals surface area (Å²) in [6.45, 7) is 0. The van der Waals surface area contributed by atoms with E-state index in [1.807, 2.05) is 0 Å². The van der Waals surface area contributed by atoms with Crippen molar-refractivity contribution in [1.82, 2.24) is 4.98 Å². The molecule has 0 radical (unpaired) electrons. The van der Waals surface area contributed by atoms with Gasteiger partial charge in [0.15, 0.2) is 5.75 Å². The van der Waals surface area contributed by atoms with E-state index < -0.39 is 0 Å². The van der Waals surface area contributed by atoms with Crippen molar-refractivity contribution >= 4 is 27.5 Å². The summed E-state index contributed by atoms with van der Waals surface area (Å²) in [6.07, 6.45) is 4.33. The summed E-state index contributed by atoms with van der Waals surface area (Å²) in [5.41, 5.74) is 0. The molecule has 2 nitrogen and oxygen atoms in total. The SMILES string of the molecule is Clc1cc(Br)c(OC2CC2)cn1. The maximum absolute atomic E-state index is 5.67. The molecule has 1 aliphatic carbocycles. The summed E-state index contributed by atoms with van der Waals surface area (Å²) < 4.78 is 6.41. The topological polar surface area (TPSA) is 22.1 Å². The maximum atomic E-state index is 5.67. The van der Waals surface area contributed by atoms with E-state index in [-0.39, 0.29) is 0 Å². The van der Waals surface area contributed by atoms with E-state index in [1.54, 1.807) is 12.3 Å². The summed E-state index contributed by atoms with van der Waals surface area (Å²) in [7, 11) is 0. The fraction of sp³-hybridized carbons (Fsp3) is 0.375. The summed E-state index contributed by atoms with van der Waals surface area (Å²) in [5.74, 6) is 0.780. The van der Waals surface area contributed by atoms with Crippen LogP contribution in [0.25, 0.3) is 0 Å². The Hall–Kier alpha value is -0.280. The van der Waals surface area contributed by atoms with Crippen LogP contribution in [0.3, 0.4) is 0 Å². The Morgan fingerprint density at radius 2 is 2.33 bits per heavy atom. The Morgan fingerprint density at radius 3 is 2.92 bits per heavy atom. The molecule has 0 aromatic carbocycles. The summed E-state index contributed by atoms with van der Waals surface area (Å²) in [6, 6.07) is 1.74. The highest BCUT2D eigenvalue weighted by molar-refractivity contribution is 9.10. The van der Waals surface area contributed by atoms with Gasteiger partial charge in [0, 0.05) is 0 Å². The van der Waals surface area contributed by atoms with Gasteiger partial charge in [-0.05, 0) is 34.8 Å². The van der Waals surface area contributed by atoms with Gasteiger partial charge in [-0.25, -0.2) is 4.98 Å². The second-order valence-corrected chi connectivity index (χ2v) is 4.00. The van der Waals surface area contributed by atoms with Crippen molar-refractivity contribution in [3.05, 3.63) is 21.9 Å². The van der Waals surface area contributed by atoms with Gasteiger partial charge in [0.05, 0.1) is 16.8 Å². The first-order valence-electron chi connectivity index (χ1n) is 3.73. The first kappa shape index (κ1) is 8.32. The largest absolute Gasteiger partial charge is 0.488 e. The minimum atomic E-state index is 0.393. The normalized spacial score (nSPS) is 16.2. The van der Waals surface area contributed by atoms with Crippen LogP contribution in [0, 0.1) is 0 Å². The van der Waals surface area contributed by atoms with Crippen LogP contribution in [-0.2, 0) is 0 Å². The van der Waals surface area contributed by atoms with Gasteiger partial charge in [0.25, 0.3) is 0 Å². The number of rotatable bonds is 2. The molecule has 1 aromatic rings. The smallest absolute Gasteiger partial charge is 0.152 e. The van der Waals surface area contributed by atoms with E-state index >= 15 is 0 Å². The Morgan fingerprint density at radius 1 is 1.58 bits per heavy atom. The molecule has 1 aromatic heterocycles. The van der Waals surface area contributed by atoms with Crippen LogP contribution < -0.4 is 4.74 Å². The molecule has 0 saturated heterocycles. The minimum Gasteiger partial charge on any atom is -0.488 e. The van der Waals surface area contributed by atoms with Crippen LogP contribution in [0.5, 0.6) is 5.75 Å². The quantitative estimate of drug-likeness (QED) is 0.751. The summed E-state index contributed by atoms with van der Waals surface area (Å²) in [5, 5.41) is 0.477. The Labute approximate surface area is 84.0 Å². The van der Waals surface area contributed by atoms with Crippen molar-refractivity contribution in [3.63, 3.8) is 0 Å². The third kappa shape index (κ3) is 1.90. The molecule has 0 unspecified atom stereocenters. The molecule has 1 aliphatic rings. The molecule has 0 N–H and O–H groups in total. The molecule has 4 heteroatoms. The Kier molecular flexibility index (Phi) is 2.24. The first-order valence-corrected chi connectivity index (χ1v) is 4.90. The second-order valence-electron chi connectivity index (χ2n) is 2.75. The van der Waals surface area contributed by atoms with E-state index in [0.717, 1.165) is 23.1 Å². The van der Waals surface area contributed by atoms with E-state index in [9.17, 15) is 0 Å². The number of halogens is 2. The average Bonchev–Trinajstić information content (AvgIpc) is 2.79. The number of aromatic nitrogens is 1. The molecule has 0 atom stereocenters. The zero-order valence-electron chi connectivity index (χ0n) is 6.26. The monoisotopic (exact) mass is 247 g/mol. The molecule has 12 heavy (non-hydrogen) atoms. The van der Waals surface area contributed by atoms with Crippen LogP contribution in [0.4, 0.5) is 0 Å². The molecule has 64 valence electrons. The molecular weight excluding hydrogens is 241 g/mol. The van der Waals surface area contributed by atoms with E-state index in [2.05, 4.69) is 20.9 Å². The van der Waals surface area contributed by atoms with E-state index in [1.165, 1.54) is 0 Å². The van der Waals surface area contributed by atoms with Crippen LogP contribution >= 0.6 is 27.5 Å². The zero-order valence-corrected chi connectivity index (χ0v) is 8.60. The standard InChI is InChI=1S/C8H7BrClNO/c9-6-3-8(10)11-4-7(6)12-5-1-2-5/h3-5H,1-2H2. The number of pyridine rings is 1. The predicted molar refractivity (Wildman–Crippen MR) is 50.6 cm³/mol. The molecule has 0 spiro atoms. The van der Waals surface area contributed by atoms with Crippen LogP contribution in [0.2, 0.25) is 5.15 Å². The zero-order chi connectivity index (χ0) is 8.55. The number of hydrogen-bond acceptors (Lipinski definition) is 2. The first-order chi connectivity index (χ1) is 5.75. The van der Waals surface area contributed by atoms with Gasteiger partial charge in [-0.2, -0.15) is 0 Å². The van der Waals surface area contributed by atoms with Crippen LogP contribution in [0.1, 0.15) is 12.8 Å². The van der Waals surface area contributed by atoms with Gasteiger partial charge in [-0.15, -0.1) is 0 Å². The molecule has 1 heterocycles. The number of nitrogens with zero attached hydrogens (tertiary/aromatic N) is 1. The molecule has 0 bridgehead atoms. The molecular formula is C8H7BrClNO. The second kappa shape index (κ2) is 3.23. The van der Waals surface area contributed by atoms with Gasteiger partial charge in [-0.3, -0.25) is 0 Å². The fourth-order valence-electron chi connectivity index (χ4n) is 0.847. The van der Waals surface area contributed by atoms with Gasteiger partial charge < -0.3 is 4.74 Å². The van der Waals surface area contributed by atoms with Crippen molar-refractivity contribution in [2.75, 3.05) is 0 Å². The lowest BCUT2D eigenvalue weighted by Gasteiger charge is -2.05. The van der Waals surface area contributed by atoms with E-state index in [4.69, 9.17) is 16.3 Å².